The standard InChI is InChI=1S/C9H16N4O2S2/c1-13-7-11-12-9(13)16-4-3-10-8-2-5-17(14,15)6-8/h7-8,10H,2-6H2,1H3. The summed E-state index contributed by atoms with van der Waals surface area (Å²) in [4.78, 5) is 0. The Morgan fingerprint density at radius 1 is 1.65 bits per heavy atom. The predicted octanol–water partition coefficient (Wildman–Crippen LogP) is -0.316. The van der Waals surface area contributed by atoms with E-state index in [0.717, 1.165) is 23.9 Å². The van der Waals surface area contributed by atoms with Crippen molar-refractivity contribution in [3.05, 3.63) is 6.33 Å². The number of aryl methyl sites for hydroxylation is 1. The summed E-state index contributed by atoms with van der Waals surface area (Å²) in [5.41, 5.74) is 0. The fraction of sp³-hybridized carbons (Fsp3) is 0.778. The van der Waals surface area contributed by atoms with E-state index in [0.29, 0.717) is 5.75 Å². The molecule has 1 aromatic heterocycles. The molecule has 0 radical (unpaired) electrons. The summed E-state index contributed by atoms with van der Waals surface area (Å²) in [7, 11) is -0.876. The maximum atomic E-state index is 11.2. The van der Waals surface area contributed by atoms with Crippen molar-refractivity contribution in [2.45, 2.75) is 17.6 Å². The molecule has 1 unspecified atom stereocenters. The van der Waals surface area contributed by atoms with Crippen molar-refractivity contribution < 1.29 is 8.42 Å². The molecule has 96 valence electrons. The lowest BCUT2D eigenvalue weighted by molar-refractivity contribution is 0.574. The van der Waals surface area contributed by atoms with Crippen molar-refractivity contribution in [1.29, 1.82) is 0 Å². The van der Waals surface area contributed by atoms with Crippen LogP contribution in [0.5, 0.6) is 0 Å². The number of sulfone groups is 1. The third kappa shape index (κ3) is 3.68. The summed E-state index contributed by atoms with van der Waals surface area (Å²) in [5.74, 6) is 1.46. The largest absolute Gasteiger partial charge is 0.312 e. The topological polar surface area (TPSA) is 76.9 Å². The monoisotopic (exact) mass is 276 g/mol. The van der Waals surface area contributed by atoms with Crippen molar-refractivity contribution >= 4 is 21.6 Å². The fourth-order valence-electron chi connectivity index (χ4n) is 1.76. The van der Waals surface area contributed by atoms with Crippen LogP contribution in [0, 0.1) is 0 Å². The molecule has 2 rings (SSSR count). The van der Waals surface area contributed by atoms with Crippen molar-refractivity contribution in [3.8, 4) is 0 Å². The summed E-state index contributed by atoms with van der Waals surface area (Å²) < 4.78 is 24.3. The second-order valence-electron chi connectivity index (χ2n) is 4.13. The Bertz CT molecular complexity index is 471. The van der Waals surface area contributed by atoms with Crippen molar-refractivity contribution in [1.82, 2.24) is 20.1 Å². The molecule has 1 saturated heterocycles. The lowest BCUT2D eigenvalue weighted by atomic mass is 10.3. The molecule has 1 aromatic rings. The van der Waals surface area contributed by atoms with Gasteiger partial charge < -0.3 is 9.88 Å². The first-order valence-corrected chi connectivity index (χ1v) is 8.28. The van der Waals surface area contributed by atoms with Crippen LogP contribution in [0.25, 0.3) is 0 Å². The second-order valence-corrected chi connectivity index (χ2v) is 7.42. The molecule has 0 aliphatic carbocycles. The number of rotatable bonds is 5. The SMILES string of the molecule is Cn1cnnc1SCCNC1CCS(=O)(=O)C1. The summed E-state index contributed by atoms with van der Waals surface area (Å²) in [5, 5.41) is 11.9. The number of aromatic nitrogens is 3. The van der Waals surface area contributed by atoms with Gasteiger partial charge in [0.25, 0.3) is 0 Å². The van der Waals surface area contributed by atoms with E-state index in [1.165, 1.54) is 0 Å². The van der Waals surface area contributed by atoms with Crippen LogP contribution in [-0.4, -0.2) is 53.0 Å². The highest BCUT2D eigenvalue weighted by Crippen LogP contribution is 2.14. The van der Waals surface area contributed by atoms with Gasteiger partial charge in [0.15, 0.2) is 15.0 Å². The molecule has 1 aliphatic rings. The van der Waals surface area contributed by atoms with Crippen molar-refractivity contribution in [3.63, 3.8) is 0 Å². The van der Waals surface area contributed by atoms with Gasteiger partial charge in [0.2, 0.25) is 0 Å². The third-order valence-electron chi connectivity index (χ3n) is 2.67. The third-order valence-corrected chi connectivity index (χ3v) is 5.47. The Labute approximate surface area is 105 Å². The molecule has 1 atom stereocenters. The molecular weight excluding hydrogens is 260 g/mol. The molecule has 1 N–H and O–H groups in total. The lowest BCUT2D eigenvalue weighted by Gasteiger charge is -2.09. The summed E-state index contributed by atoms with van der Waals surface area (Å²) in [6.07, 6.45) is 2.40. The number of nitrogens with zero attached hydrogens (tertiary/aromatic N) is 3. The van der Waals surface area contributed by atoms with Crippen LogP contribution in [-0.2, 0) is 16.9 Å². The average molecular weight is 276 g/mol. The fourth-order valence-corrected chi connectivity index (χ4v) is 4.23. The number of thioether (sulfide) groups is 1. The number of hydrogen-bond acceptors (Lipinski definition) is 6. The van der Waals surface area contributed by atoms with Gasteiger partial charge in [0, 0.05) is 25.4 Å². The molecular formula is C9H16N4O2S2. The number of hydrogen-bond donors (Lipinski definition) is 1. The summed E-state index contributed by atoms with van der Waals surface area (Å²) in [6, 6.07) is 0.125. The normalized spacial score (nSPS) is 23.0. The highest BCUT2D eigenvalue weighted by Gasteiger charge is 2.26. The van der Waals surface area contributed by atoms with Crippen LogP contribution in [0.1, 0.15) is 6.42 Å². The van der Waals surface area contributed by atoms with Gasteiger partial charge in [-0.2, -0.15) is 0 Å². The zero-order valence-electron chi connectivity index (χ0n) is 9.66. The lowest BCUT2D eigenvalue weighted by Crippen LogP contribution is -2.31. The van der Waals surface area contributed by atoms with Gasteiger partial charge in [0.1, 0.15) is 6.33 Å². The first kappa shape index (κ1) is 12.8. The van der Waals surface area contributed by atoms with E-state index in [1.54, 1.807) is 18.1 Å². The molecule has 1 aliphatic heterocycles. The molecule has 8 heteroatoms. The van der Waals surface area contributed by atoms with E-state index in [2.05, 4.69) is 15.5 Å². The van der Waals surface area contributed by atoms with Crippen LogP contribution < -0.4 is 5.32 Å². The van der Waals surface area contributed by atoms with Crippen molar-refractivity contribution in [2.75, 3.05) is 23.8 Å². The molecule has 1 fully saturated rings. The van der Waals surface area contributed by atoms with Gasteiger partial charge in [-0.25, -0.2) is 8.42 Å². The second kappa shape index (κ2) is 5.36. The van der Waals surface area contributed by atoms with Gasteiger partial charge in [-0.3, -0.25) is 0 Å². The predicted molar refractivity (Wildman–Crippen MR) is 66.8 cm³/mol. The Hall–Kier alpha value is -0.600. The maximum Gasteiger partial charge on any atom is 0.190 e. The van der Waals surface area contributed by atoms with Crippen LogP contribution in [0.3, 0.4) is 0 Å². The van der Waals surface area contributed by atoms with Crippen LogP contribution in [0.15, 0.2) is 11.5 Å². The molecule has 0 amide bonds. The van der Waals surface area contributed by atoms with E-state index < -0.39 is 9.84 Å². The minimum atomic E-state index is -2.78. The first-order chi connectivity index (χ1) is 8.07. The average Bonchev–Trinajstić information content (AvgIpc) is 2.80. The van der Waals surface area contributed by atoms with E-state index in [-0.39, 0.29) is 11.8 Å². The first-order valence-electron chi connectivity index (χ1n) is 5.47. The van der Waals surface area contributed by atoms with E-state index in [9.17, 15) is 8.42 Å². The minimum absolute atomic E-state index is 0.125. The Kier molecular flexibility index (Phi) is 4.05. The van der Waals surface area contributed by atoms with Gasteiger partial charge >= 0.3 is 0 Å². The van der Waals surface area contributed by atoms with E-state index in [1.807, 2.05) is 11.6 Å². The molecule has 0 aromatic carbocycles. The van der Waals surface area contributed by atoms with Gasteiger partial charge in [0.05, 0.1) is 11.5 Å². The van der Waals surface area contributed by atoms with Crippen LogP contribution >= 0.6 is 11.8 Å². The zero-order valence-corrected chi connectivity index (χ0v) is 11.3. The van der Waals surface area contributed by atoms with Crippen molar-refractivity contribution in [2.24, 2.45) is 7.05 Å². The smallest absolute Gasteiger partial charge is 0.190 e. The maximum absolute atomic E-state index is 11.2. The highest BCUT2D eigenvalue weighted by atomic mass is 32.2. The molecule has 17 heavy (non-hydrogen) atoms. The molecule has 2 heterocycles. The van der Waals surface area contributed by atoms with E-state index >= 15 is 0 Å². The van der Waals surface area contributed by atoms with E-state index in [4.69, 9.17) is 0 Å². The number of nitrogens with one attached hydrogen (secondary N) is 1. The van der Waals surface area contributed by atoms with Gasteiger partial charge in [-0.15, -0.1) is 10.2 Å². The Morgan fingerprint density at radius 3 is 3.06 bits per heavy atom. The highest BCUT2D eigenvalue weighted by molar-refractivity contribution is 7.99. The zero-order chi connectivity index (χ0) is 12.3. The Morgan fingerprint density at radius 2 is 2.47 bits per heavy atom. The van der Waals surface area contributed by atoms with Crippen LogP contribution in [0.2, 0.25) is 0 Å². The summed E-state index contributed by atoms with van der Waals surface area (Å²) >= 11 is 1.61. The van der Waals surface area contributed by atoms with Gasteiger partial charge in [-0.05, 0) is 6.42 Å². The van der Waals surface area contributed by atoms with Crippen LogP contribution in [0.4, 0.5) is 0 Å². The van der Waals surface area contributed by atoms with Gasteiger partial charge in [-0.1, -0.05) is 11.8 Å². The minimum Gasteiger partial charge on any atom is -0.312 e. The molecule has 6 nitrogen and oxygen atoms in total. The Balaban J connectivity index is 1.66. The quantitative estimate of drug-likeness (QED) is 0.587. The molecule has 0 bridgehead atoms. The molecule has 0 spiro atoms. The molecule has 0 saturated carbocycles. The summed E-state index contributed by atoms with van der Waals surface area (Å²) in [6.45, 7) is 0.789.